The van der Waals surface area contributed by atoms with E-state index in [1.165, 1.54) is 53.4 Å². The summed E-state index contributed by atoms with van der Waals surface area (Å²) in [5, 5.41) is 18.5. The zero-order valence-electron chi connectivity index (χ0n) is 23.9. The van der Waals surface area contributed by atoms with E-state index in [4.69, 9.17) is 0 Å². The monoisotopic (exact) mass is 560 g/mol. The average molecular weight is 561 g/mol. The van der Waals surface area contributed by atoms with Crippen molar-refractivity contribution in [2.45, 2.75) is 52.9 Å². The van der Waals surface area contributed by atoms with Crippen molar-refractivity contribution in [3.8, 4) is 6.07 Å². The molecule has 1 heterocycles. The number of nitriles is 1. The van der Waals surface area contributed by atoms with Gasteiger partial charge < -0.3 is 10.0 Å². The number of carbonyl (C=O) groups is 1. The number of thiophene rings is 1. The molecule has 1 N–H and O–H groups in total. The number of anilines is 3. The maximum atomic E-state index is 11.4. The molecule has 0 bridgehead atoms. The lowest BCUT2D eigenvalue weighted by Gasteiger charge is -2.25. The van der Waals surface area contributed by atoms with Crippen LogP contribution in [-0.2, 0) is 11.2 Å². The molecule has 0 spiro atoms. The molecule has 41 heavy (non-hydrogen) atoms. The predicted molar refractivity (Wildman–Crippen MR) is 173 cm³/mol. The number of carboxylic acids is 1. The number of carboxylic acid groups (broad SMARTS) is 1. The molecule has 0 saturated carbocycles. The Morgan fingerprint density at radius 2 is 1.41 bits per heavy atom. The van der Waals surface area contributed by atoms with Crippen molar-refractivity contribution < 1.29 is 9.90 Å². The Kier molecular flexibility index (Phi) is 10.3. The quantitative estimate of drug-likeness (QED) is 0.106. The van der Waals surface area contributed by atoms with Gasteiger partial charge in [0.1, 0.15) is 11.6 Å². The third kappa shape index (κ3) is 8.06. The molecule has 4 aromatic rings. The fourth-order valence-corrected chi connectivity index (χ4v) is 5.70. The molecule has 0 saturated heterocycles. The molecule has 0 amide bonds. The van der Waals surface area contributed by atoms with Crippen LogP contribution in [0.25, 0.3) is 18.2 Å². The highest BCUT2D eigenvalue weighted by Gasteiger charge is 2.13. The van der Waals surface area contributed by atoms with Crippen LogP contribution in [0, 0.1) is 25.2 Å². The summed E-state index contributed by atoms with van der Waals surface area (Å²) in [6, 6.07) is 29.5. The van der Waals surface area contributed by atoms with Crippen LogP contribution in [0.4, 0.5) is 17.1 Å². The molecule has 0 fully saturated rings. The van der Waals surface area contributed by atoms with Crippen molar-refractivity contribution in [1.29, 1.82) is 5.26 Å². The molecule has 0 aliphatic rings. The molecule has 4 nitrogen and oxygen atoms in total. The van der Waals surface area contributed by atoms with Crippen LogP contribution in [0.5, 0.6) is 0 Å². The zero-order chi connectivity index (χ0) is 29.2. The minimum absolute atomic E-state index is 0.249. The summed E-state index contributed by atoms with van der Waals surface area (Å²) in [5.41, 5.74) is 7.75. The van der Waals surface area contributed by atoms with Gasteiger partial charge in [0.05, 0.1) is 0 Å². The molecule has 3 aromatic carbocycles. The van der Waals surface area contributed by atoms with E-state index in [1.54, 1.807) is 6.07 Å². The number of hydrogen-bond acceptors (Lipinski definition) is 4. The first kappa shape index (κ1) is 29.6. The fraction of sp³-hybridized carbons (Fsp3) is 0.222. The van der Waals surface area contributed by atoms with Gasteiger partial charge >= 0.3 is 5.97 Å². The van der Waals surface area contributed by atoms with E-state index in [1.807, 2.05) is 6.07 Å². The topological polar surface area (TPSA) is 64.3 Å². The van der Waals surface area contributed by atoms with E-state index >= 15 is 0 Å². The zero-order valence-corrected chi connectivity index (χ0v) is 24.7. The highest BCUT2D eigenvalue weighted by atomic mass is 32.1. The molecular formula is C36H36N2O2S. The van der Waals surface area contributed by atoms with Gasteiger partial charge in [-0.05, 0) is 92.4 Å². The Morgan fingerprint density at radius 1 is 0.854 bits per heavy atom. The normalized spacial score (nSPS) is 11.5. The van der Waals surface area contributed by atoms with Crippen molar-refractivity contribution >= 4 is 52.6 Å². The minimum atomic E-state index is -1.20. The number of nitrogens with zero attached hydrogens (tertiary/aromatic N) is 2. The van der Waals surface area contributed by atoms with Gasteiger partial charge in [-0.1, -0.05) is 79.8 Å². The SMILES string of the molecule is CCCCCCc1cc(C=C(C#N)C(=O)O)sc1C=Cc1ccc(N(c2ccc(C)cc2)c2ccc(C)cc2)cc1. The molecule has 0 unspecified atom stereocenters. The smallest absolute Gasteiger partial charge is 0.346 e. The fourth-order valence-electron chi connectivity index (χ4n) is 4.64. The number of aliphatic carboxylic acids is 1. The van der Waals surface area contributed by atoms with E-state index in [0.717, 1.165) is 45.2 Å². The molecule has 0 atom stereocenters. The number of hydrogen-bond donors (Lipinski definition) is 1. The average Bonchev–Trinajstić information content (AvgIpc) is 3.36. The maximum absolute atomic E-state index is 11.4. The van der Waals surface area contributed by atoms with E-state index in [0.29, 0.717) is 0 Å². The Balaban J connectivity index is 1.61. The summed E-state index contributed by atoms with van der Waals surface area (Å²) in [6.45, 7) is 6.39. The molecule has 0 aliphatic carbocycles. The first-order valence-electron chi connectivity index (χ1n) is 14.1. The Morgan fingerprint density at radius 3 is 1.93 bits per heavy atom. The third-order valence-corrected chi connectivity index (χ3v) is 8.05. The summed E-state index contributed by atoms with van der Waals surface area (Å²) < 4.78 is 0. The lowest BCUT2D eigenvalue weighted by atomic mass is 10.1. The highest BCUT2D eigenvalue weighted by Crippen LogP contribution is 2.35. The highest BCUT2D eigenvalue weighted by molar-refractivity contribution is 7.14. The van der Waals surface area contributed by atoms with Crippen LogP contribution in [0.3, 0.4) is 0 Å². The lowest BCUT2D eigenvalue weighted by Crippen LogP contribution is -2.09. The second kappa shape index (κ2) is 14.3. The lowest BCUT2D eigenvalue weighted by molar-refractivity contribution is -0.132. The van der Waals surface area contributed by atoms with Gasteiger partial charge in [0, 0.05) is 26.8 Å². The molecule has 0 aliphatic heterocycles. The molecule has 5 heteroatoms. The minimum Gasteiger partial charge on any atom is -0.477 e. The van der Waals surface area contributed by atoms with Gasteiger partial charge in [-0.15, -0.1) is 11.3 Å². The number of rotatable bonds is 12. The maximum Gasteiger partial charge on any atom is 0.346 e. The summed E-state index contributed by atoms with van der Waals surface area (Å²) in [5.74, 6) is -1.20. The Hall–Kier alpha value is -4.40. The van der Waals surface area contributed by atoms with Gasteiger partial charge in [-0.25, -0.2) is 4.79 Å². The molecule has 0 radical (unpaired) electrons. The summed E-state index contributed by atoms with van der Waals surface area (Å²) >= 11 is 1.52. The van der Waals surface area contributed by atoms with E-state index in [2.05, 4.69) is 111 Å². The van der Waals surface area contributed by atoms with E-state index < -0.39 is 5.97 Å². The number of aryl methyl sites for hydroxylation is 3. The molecule has 208 valence electrons. The Labute approximate surface area is 247 Å². The van der Waals surface area contributed by atoms with Gasteiger partial charge in [-0.2, -0.15) is 5.26 Å². The predicted octanol–water partition coefficient (Wildman–Crippen LogP) is 10.1. The van der Waals surface area contributed by atoms with Crippen LogP contribution < -0.4 is 4.90 Å². The van der Waals surface area contributed by atoms with Gasteiger partial charge in [-0.3, -0.25) is 0 Å². The Bertz CT molecular complexity index is 1510. The van der Waals surface area contributed by atoms with Gasteiger partial charge in [0.15, 0.2) is 0 Å². The summed E-state index contributed by atoms with van der Waals surface area (Å²) in [4.78, 5) is 15.5. The van der Waals surface area contributed by atoms with Gasteiger partial charge in [0.25, 0.3) is 0 Å². The van der Waals surface area contributed by atoms with Crippen LogP contribution in [0.1, 0.15) is 64.6 Å². The van der Waals surface area contributed by atoms with Crippen molar-refractivity contribution in [2.75, 3.05) is 4.90 Å². The molecule has 4 rings (SSSR count). The van der Waals surface area contributed by atoms with Crippen molar-refractivity contribution in [3.63, 3.8) is 0 Å². The standard InChI is InChI=1S/C36H36N2O2S/c1-4-5-6-7-8-29-23-34(24-30(25-37)36(39)40)41-35(29)22-15-28-13-20-33(21-14-28)38(31-16-9-26(2)10-17-31)32-18-11-27(3)12-19-32/h9-24H,4-8H2,1-3H3,(H,39,40). The second-order valence-corrected chi connectivity index (χ2v) is 11.4. The van der Waals surface area contributed by atoms with Crippen molar-refractivity contribution in [1.82, 2.24) is 0 Å². The van der Waals surface area contributed by atoms with Crippen LogP contribution in [-0.4, -0.2) is 11.1 Å². The second-order valence-electron chi connectivity index (χ2n) is 10.3. The third-order valence-electron chi connectivity index (χ3n) is 6.96. The van der Waals surface area contributed by atoms with E-state index in [9.17, 15) is 15.2 Å². The summed E-state index contributed by atoms with van der Waals surface area (Å²) in [6.07, 6.45) is 11.2. The first-order valence-corrected chi connectivity index (χ1v) is 14.9. The number of unbranched alkanes of at least 4 members (excludes halogenated alkanes) is 3. The molecule has 1 aromatic heterocycles. The van der Waals surface area contributed by atoms with Crippen LogP contribution >= 0.6 is 11.3 Å². The largest absolute Gasteiger partial charge is 0.477 e. The van der Waals surface area contributed by atoms with Crippen LogP contribution in [0.15, 0.2) is 84.4 Å². The van der Waals surface area contributed by atoms with Crippen molar-refractivity contribution in [3.05, 3.63) is 116 Å². The van der Waals surface area contributed by atoms with E-state index in [-0.39, 0.29) is 5.57 Å². The summed E-state index contributed by atoms with van der Waals surface area (Å²) in [7, 11) is 0. The molecular weight excluding hydrogens is 524 g/mol. The first-order chi connectivity index (χ1) is 19.9. The number of benzene rings is 3. The van der Waals surface area contributed by atoms with Gasteiger partial charge in [0.2, 0.25) is 0 Å². The van der Waals surface area contributed by atoms with Crippen molar-refractivity contribution in [2.24, 2.45) is 0 Å². The van der Waals surface area contributed by atoms with Crippen LogP contribution in [0.2, 0.25) is 0 Å².